The summed E-state index contributed by atoms with van der Waals surface area (Å²) in [6.45, 7) is 5.72. The van der Waals surface area contributed by atoms with Crippen molar-refractivity contribution in [3.63, 3.8) is 0 Å². The zero-order chi connectivity index (χ0) is 11.7. The number of anilines is 1. The Kier molecular flexibility index (Phi) is 2.99. The molecule has 0 aromatic carbocycles. The van der Waals surface area contributed by atoms with E-state index in [9.17, 15) is 0 Å². The first-order valence-corrected chi connectivity index (χ1v) is 6.49. The first kappa shape index (κ1) is 11.0. The van der Waals surface area contributed by atoms with E-state index in [2.05, 4.69) is 14.8 Å². The SMILES string of the molecule is Nc1cccnc1CN1CCN2CCCC2C1. The van der Waals surface area contributed by atoms with Crippen LogP contribution in [0.1, 0.15) is 18.5 Å². The van der Waals surface area contributed by atoms with Gasteiger partial charge >= 0.3 is 0 Å². The molecular weight excluding hydrogens is 212 g/mol. The summed E-state index contributed by atoms with van der Waals surface area (Å²) in [5.74, 6) is 0. The highest BCUT2D eigenvalue weighted by Gasteiger charge is 2.30. The molecule has 0 radical (unpaired) electrons. The lowest BCUT2D eigenvalue weighted by Gasteiger charge is -2.37. The van der Waals surface area contributed by atoms with Crippen molar-refractivity contribution < 1.29 is 0 Å². The summed E-state index contributed by atoms with van der Waals surface area (Å²) in [5.41, 5.74) is 7.79. The molecule has 4 nitrogen and oxygen atoms in total. The van der Waals surface area contributed by atoms with Crippen LogP contribution in [-0.4, -0.2) is 47.0 Å². The number of nitrogens with two attached hydrogens (primary N) is 1. The zero-order valence-electron chi connectivity index (χ0n) is 10.2. The van der Waals surface area contributed by atoms with Crippen LogP contribution >= 0.6 is 0 Å². The Balaban J connectivity index is 1.64. The van der Waals surface area contributed by atoms with Crippen molar-refractivity contribution >= 4 is 5.69 Å². The summed E-state index contributed by atoms with van der Waals surface area (Å²) in [5, 5.41) is 0. The van der Waals surface area contributed by atoms with Crippen LogP contribution in [0.3, 0.4) is 0 Å². The van der Waals surface area contributed by atoms with Gasteiger partial charge in [0, 0.05) is 38.4 Å². The molecule has 0 spiro atoms. The van der Waals surface area contributed by atoms with Gasteiger partial charge in [-0.1, -0.05) is 0 Å². The third kappa shape index (κ3) is 2.28. The standard InChI is InChI=1S/C13H20N4/c14-12-4-1-5-15-13(12)10-16-7-8-17-6-2-3-11(17)9-16/h1,4-5,11H,2-3,6-10,14H2. The molecule has 92 valence electrons. The Bertz CT molecular complexity index is 393. The van der Waals surface area contributed by atoms with Crippen LogP contribution < -0.4 is 5.73 Å². The molecule has 2 N–H and O–H groups in total. The van der Waals surface area contributed by atoms with Crippen molar-refractivity contribution in [2.45, 2.75) is 25.4 Å². The molecule has 0 saturated carbocycles. The first-order chi connectivity index (χ1) is 8.33. The third-order valence-electron chi connectivity index (χ3n) is 3.97. The minimum atomic E-state index is 0.772. The molecule has 0 aliphatic carbocycles. The normalized spacial score (nSPS) is 26.0. The lowest BCUT2D eigenvalue weighted by atomic mass is 10.1. The zero-order valence-corrected chi connectivity index (χ0v) is 10.2. The molecule has 2 aliphatic heterocycles. The van der Waals surface area contributed by atoms with Crippen molar-refractivity contribution in [1.29, 1.82) is 0 Å². The first-order valence-electron chi connectivity index (χ1n) is 6.49. The molecule has 0 amide bonds. The number of nitrogens with zero attached hydrogens (tertiary/aromatic N) is 3. The maximum absolute atomic E-state index is 5.94. The summed E-state index contributed by atoms with van der Waals surface area (Å²) >= 11 is 0. The predicted molar refractivity (Wildman–Crippen MR) is 68.5 cm³/mol. The van der Waals surface area contributed by atoms with Crippen LogP contribution in [0.2, 0.25) is 0 Å². The van der Waals surface area contributed by atoms with E-state index >= 15 is 0 Å². The van der Waals surface area contributed by atoms with Gasteiger partial charge in [0.2, 0.25) is 0 Å². The van der Waals surface area contributed by atoms with Gasteiger partial charge in [-0.25, -0.2) is 0 Å². The third-order valence-corrected chi connectivity index (χ3v) is 3.97. The number of rotatable bonds is 2. The Labute approximate surface area is 102 Å². The van der Waals surface area contributed by atoms with Gasteiger partial charge in [-0.15, -0.1) is 0 Å². The monoisotopic (exact) mass is 232 g/mol. The van der Waals surface area contributed by atoms with Crippen molar-refractivity contribution in [2.24, 2.45) is 0 Å². The maximum Gasteiger partial charge on any atom is 0.0772 e. The minimum absolute atomic E-state index is 0.772. The highest BCUT2D eigenvalue weighted by molar-refractivity contribution is 5.41. The number of pyridine rings is 1. The minimum Gasteiger partial charge on any atom is -0.397 e. The van der Waals surface area contributed by atoms with Crippen molar-refractivity contribution in [2.75, 3.05) is 31.9 Å². The van der Waals surface area contributed by atoms with E-state index in [1.54, 1.807) is 0 Å². The smallest absolute Gasteiger partial charge is 0.0772 e. The molecule has 3 heterocycles. The molecule has 0 bridgehead atoms. The van der Waals surface area contributed by atoms with E-state index in [1.807, 2.05) is 18.3 Å². The van der Waals surface area contributed by atoms with Crippen LogP contribution in [0.25, 0.3) is 0 Å². The van der Waals surface area contributed by atoms with Crippen LogP contribution in [0.5, 0.6) is 0 Å². The van der Waals surface area contributed by atoms with Crippen LogP contribution in [0.4, 0.5) is 5.69 Å². The van der Waals surface area contributed by atoms with Gasteiger partial charge in [0.15, 0.2) is 0 Å². The van der Waals surface area contributed by atoms with Gasteiger partial charge in [0.05, 0.1) is 11.4 Å². The van der Waals surface area contributed by atoms with Crippen LogP contribution in [0.15, 0.2) is 18.3 Å². The highest BCUT2D eigenvalue weighted by atomic mass is 15.3. The predicted octanol–water partition coefficient (Wildman–Crippen LogP) is 0.944. The molecule has 1 aromatic heterocycles. The molecule has 2 saturated heterocycles. The molecule has 4 heteroatoms. The Hall–Kier alpha value is -1.13. The summed E-state index contributed by atoms with van der Waals surface area (Å²) in [6, 6.07) is 4.61. The number of hydrogen-bond acceptors (Lipinski definition) is 4. The molecule has 17 heavy (non-hydrogen) atoms. The molecular formula is C13H20N4. The molecule has 2 fully saturated rings. The topological polar surface area (TPSA) is 45.4 Å². The summed E-state index contributed by atoms with van der Waals surface area (Å²) < 4.78 is 0. The number of piperazine rings is 1. The molecule has 2 aliphatic rings. The van der Waals surface area contributed by atoms with Gasteiger partial charge in [-0.3, -0.25) is 14.8 Å². The van der Waals surface area contributed by atoms with Crippen molar-refractivity contribution in [3.05, 3.63) is 24.0 Å². The summed E-state index contributed by atoms with van der Waals surface area (Å²) in [6.07, 6.45) is 4.55. The molecule has 3 rings (SSSR count). The van der Waals surface area contributed by atoms with E-state index in [-0.39, 0.29) is 0 Å². The summed E-state index contributed by atoms with van der Waals surface area (Å²) in [4.78, 5) is 9.49. The van der Waals surface area contributed by atoms with Crippen LogP contribution in [0, 0.1) is 0 Å². The average molecular weight is 232 g/mol. The number of aromatic nitrogens is 1. The molecule has 1 aromatic rings. The van der Waals surface area contributed by atoms with E-state index < -0.39 is 0 Å². The lowest BCUT2D eigenvalue weighted by molar-refractivity contribution is 0.0986. The van der Waals surface area contributed by atoms with E-state index in [0.29, 0.717) is 0 Å². The largest absolute Gasteiger partial charge is 0.397 e. The number of nitrogen functional groups attached to an aromatic ring is 1. The second-order valence-corrected chi connectivity index (χ2v) is 5.11. The maximum atomic E-state index is 5.94. The number of fused-ring (bicyclic) bond motifs is 1. The van der Waals surface area contributed by atoms with Gasteiger partial charge in [0.25, 0.3) is 0 Å². The van der Waals surface area contributed by atoms with E-state index in [4.69, 9.17) is 5.73 Å². The Morgan fingerprint density at radius 2 is 2.29 bits per heavy atom. The lowest BCUT2D eigenvalue weighted by Crippen LogP contribution is -2.49. The second kappa shape index (κ2) is 4.63. The van der Waals surface area contributed by atoms with Gasteiger partial charge in [0.1, 0.15) is 0 Å². The van der Waals surface area contributed by atoms with E-state index in [0.717, 1.165) is 30.5 Å². The van der Waals surface area contributed by atoms with Crippen molar-refractivity contribution in [1.82, 2.24) is 14.8 Å². The van der Waals surface area contributed by atoms with Gasteiger partial charge in [-0.05, 0) is 31.5 Å². The highest BCUT2D eigenvalue weighted by Crippen LogP contribution is 2.22. The fourth-order valence-corrected chi connectivity index (χ4v) is 2.99. The van der Waals surface area contributed by atoms with Crippen molar-refractivity contribution in [3.8, 4) is 0 Å². The fourth-order valence-electron chi connectivity index (χ4n) is 2.99. The Morgan fingerprint density at radius 3 is 3.18 bits per heavy atom. The average Bonchev–Trinajstić information content (AvgIpc) is 2.79. The van der Waals surface area contributed by atoms with Gasteiger partial charge < -0.3 is 5.73 Å². The fraction of sp³-hybridized carbons (Fsp3) is 0.615. The molecule has 1 atom stereocenters. The number of hydrogen-bond donors (Lipinski definition) is 1. The van der Waals surface area contributed by atoms with Gasteiger partial charge in [-0.2, -0.15) is 0 Å². The Morgan fingerprint density at radius 1 is 1.35 bits per heavy atom. The van der Waals surface area contributed by atoms with Crippen LogP contribution in [-0.2, 0) is 6.54 Å². The quantitative estimate of drug-likeness (QED) is 0.824. The summed E-state index contributed by atoms with van der Waals surface area (Å²) in [7, 11) is 0. The van der Waals surface area contributed by atoms with E-state index in [1.165, 1.54) is 32.5 Å². The second-order valence-electron chi connectivity index (χ2n) is 5.11. The molecule has 1 unspecified atom stereocenters.